The predicted molar refractivity (Wildman–Crippen MR) is 120 cm³/mol. The van der Waals surface area contributed by atoms with E-state index in [0.717, 1.165) is 70.7 Å². The molecule has 0 radical (unpaired) electrons. The molecule has 2 amide bonds. The lowest BCUT2D eigenvalue weighted by Crippen LogP contribution is -2.50. The van der Waals surface area contributed by atoms with E-state index in [1.54, 1.807) is 6.20 Å². The minimum Gasteiger partial charge on any atom is -0.381 e. The summed E-state index contributed by atoms with van der Waals surface area (Å²) in [6.45, 7) is 11.3. The second-order valence-corrected chi connectivity index (χ2v) is 7.81. The van der Waals surface area contributed by atoms with Gasteiger partial charge < -0.3 is 19.9 Å². The third-order valence-corrected chi connectivity index (χ3v) is 5.65. The van der Waals surface area contributed by atoms with Crippen LogP contribution in [0.1, 0.15) is 63.2 Å². The van der Waals surface area contributed by atoms with E-state index in [-0.39, 0.29) is 17.7 Å². The normalized spacial score (nSPS) is 14.3. The highest BCUT2D eigenvalue weighted by molar-refractivity contribution is 5.94. The van der Waals surface area contributed by atoms with E-state index in [0.29, 0.717) is 18.7 Å². The molecule has 7 heteroatoms. The van der Waals surface area contributed by atoms with Gasteiger partial charge in [0, 0.05) is 58.1 Å². The van der Waals surface area contributed by atoms with Crippen molar-refractivity contribution in [2.75, 3.05) is 50.8 Å². The van der Waals surface area contributed by atoms with Crippen LogP contribution < -0.4 is 10.2 Å². The van der Waals surface area contributed by atoms with Crippen LogP contribution >= 0.6 is 0 Å². The van der Waals surface area contributed by atoms with Gasteiger partial charge in [0.1, 0.15) is 5.82 Å². The van der Waals surface area contributed by atoms with Crippen LogP contribution in [0.2, 0.25) is 0 Å². The number of unbranched alkanes of at least 4 members (excludes halogenated alkanes) is 1. The number of carbonyl (C=O) groups excluding carboxylic acids is 2. The van der Waals surface area contributed by atoms with Crippen LogP contribution in [0.5, 0.6) is 0 Å². The number of anilines is 1. The molecule has 0 saturated carbocycles. The van der Waals surface area contributed by atoms with E-state index >= 15 is 0 Å². The van der Waals surface area contributed by atoms with Gasteiger partial charge in [-0.2, -0.15) is 0 Å². The summed E-state index contributed by atoms with van der Waals surface area (Å²) < 4.78 is 5.50. The van der Waals surface area contributed by atoms with Gasteiger partial charge in [-0.3, -0.25) is 9.59 Å². The number of piperazine rings is 1. The molecular formula is C23H38N4O3. The standard InChI is InChI=1S/C23H38N4O3/c1-4-7-16-30-17-8-11-24-22(28)20-9-10-21(25-18-20)26-12-14-27(15-13-26)23(29)19(5-2)6-3/h9-10,18-19H,4-8,11-17H2,1-3H3,(H,24,28). The fourth-order valence-electron chi connectivity index (χ4n) is 3.59. The number of nitrogens with one attached hydrogen (secondary N) is 1. The first-order valence-corrected chi connectivity index (χ1v) is 11.5. The summed E-state index contributed by atoms with van der Waals surface area (Å²) in [4.78, 5) is 33.4. The van der Waals surface area contributed by atoms with Crippen molar-refractivity contribution in [3.8, 4) is 0 Å². The van der Waals surface area contributed by atoms with Crippen molar-refractivity contribution >= 4 is 17.6 Å². The fourth-order valence-corrected chi connectivity index (χ4v) is 3.59. The summed E-state index contributed by atoms with van der Waals surface area (Å²) in [6.07, 6.45) is 6.43. The molecule has 2 rings (SSSR count). The Morgan fingerprint density at radius 1 is 1.07 bits per heavy atom. The minimum atomic E-state index is -0.108. The minimum absolute atomic E-state index is 0.108. The molecule has 0 spiro atoms. The van der Waals surface area contributed by atoms with Gasteiger partial charge in [-0.1, -0.05) is 27.2 Å². The van der Waals surface area contributed by atoms with Gasteiger partial charge in [-0.05, 0) is 37.8 Å². The number of hydrogen-bond donors (Lipinski definition) is 1. The SMILES string of the molecule is CCCCOCCCNC(=O)c1ccc(N2CCN(C(=O)C(CC)CC)CC2)nc1. The average molecular weight is 419 g/mol. The maximum Gasteiger partial charge on any atom is 0.252 e. The Balaban J connectivity index is 1.74. The van der Waals surface area contributed by atoms with Gasteiger partial charge >= 0.3 is 0 Å². The lowest BCUT2D eigenvalue weighted by Gasteiger charge is -2.36. The molecular weight excluding hydrogens is 380 g/mol. The Morgan fingerprint density at radius 2 is 1.77 bits per heavy atom. The highest BCUT2D eigenvalue weighted by Crippen LogP contribution is 2.17. The van der Waals surface area contributed by atoms with Crippen LogP contribution in [-0.4, -0.2) is 67.6 Å². The third-order valence-electron chi connectivity index (χ3n) is 5.65. The van der Waals surface area contributed by atoms with Crippen molar-refractivity contribution in [2.45, 2.75) is 52.9 Å². The summed E-state index contributed by atoms with van der Waals surface area (Å²) >= 11 is 0. The molecule has 1 N–H and O–H groups in total. The molecule has 0 bridgehead atoms. The Morgan fingerprint density at radius 3 is 2.37 bits per heavy atom. The average Bonchev–Trinajstić information content (AvgIpc) is 2.79. The summed E-state index contributed by atoms with van der Waals surface area (Å²) in [7, 11) is 0. The molecule has 0 atom stereocenters. The van der Waals surface area contributed by atoms with E-state index in [1.165, 1.54) is 0 Å². The molecule has 30 heavy (non-hydrogen) atoms. The fraction of sp³-hybridized carbons (Fsp3) is 0.696. The van der Waals surface area contributed by atoms with Crippen molar-refractivity contribution in [3.63, 3.8) is 0 Å². The number of nitrogens with zero attached hydrogens (tertiary/aromatic N) is 3. The van der Waals surface area contributed by atoms with E-state index < -0.39 is 0 Å². The van der Waals surface area contributed by atoms with Gasteiger partial charge in [0.2, 0.25) is 5.91 Å². The molecule has 0 aromatic carbocycles. The summed E-state index contributed by atoms with van der Waals surface area (Å²) in [6, 6.07) is 3.71. The first kappa shape index (κ1) is 24.1. The van der Waals surface area contributed by atoms with Gasteiger partial charge in [-0.25, -0.2) is 4.98 Å². The maximum absolute atomic E-state index is 12.5. The number of rotatable bonds is 12. The predicted octanol–water partition coefficient (Wildman–Crippen LogP) is 3.10. The van der Waals surface area contributed by atoms with Crippen molar-refractivity contribution < 1.29 is 14.3 Å². The first-order valence-electron chi connectivity index (χ1n) is 11.5. The molecule has 0 unspecified atom stereocenters. The molecule has 2 heterocycles. The smallest absolute Gasteiger partial charge is 0.252 e. The number of aromatic nitrogens is 1. The van der Waals surface area contributed by atoms with Crippen molar-refractivity contribution in [1.29, 1.82) is 0 Å². The highest BCUT2D eigenvalue weighted by Gasteiger charge is 2.25. The maximum atomic E-state index is 12.5. The zero-order valence-electron chi connectivity index (χ0n) is 18.9. The summed E-state index contributed by atoms with van der Waals surface area (Å²) in [5.74, 6) is 1.15. The Bertz CT molecular complexity index is 638. The number of carbonyl (C=O) groups is 2. The van der Waals surface area contributed by atoms with Gasteiger partial charge in [0.15, 0.2) is 0 Å². The number of amides is 2. The topological polar surface area (TPSA) is 74.8 Å². The summed E-state index contributed by atoms with van der Waals surface area (Å²) in [5, 5.41) is 2.91. The second-order valence-electron chi connectivity index (χ2n) is 7.81. The molecule has 1 aromatic heterocycles. The largest absolute Gasteiger partial charge is 0.381 e. The number of hydrogen-bond acceptors (Lipinski definition) is 5. The van der Waals surface area contributed by atoms with Crippen LogP contribution in [0.15, 0.2) is 18.3 Å². The lowest BCUT2D eigenvalue weighted by atomic mass is 10.0. The van der Waals surface area contributed by atoms with Crippen molar-refractivity contribution in [1.82, 2.24) is 15.2 Å². The Kier molecular flexibility index (Phi) is 10.6. The molecule has 0 aliphatic carbocycles. The van der Waals surface area contributed by atoms with Crippen molar-refractivity contribution in [2.24, 2.45) is 5.92 Å². The van der Waals surface area contributed by atoms with E-state index in [4.69, 9.17) is 4.74 Å². The van der Waals surface area contributed by atoms with Gasteiger partial charge in [0.05, 0.1) is 5.56 Å². The Hall–Kier alpha value is -2.15. The van der Waals surface area contributed by atoms with Gasteiger partial charge in [0.25, 0.3) is 5.91 Å². The third kappa shape index (κ3) is 7.27. The number of pyridine rings is 1. The lowest BCUT2D eigenvalue weighted by molar-refractivity contribution is -0.136. The zero-order valence-corrected chi connectivity index (χ0v) is 18.9. The van der Waals surface area contributed by atoms with Crippen LogP contribution in [0.4, 0.5) is 5.82 Å². The van der Waals surface area contributed by atoms with Crippen LogP contribution in [0.25, 0.3) is 0 Å². The molecule has 1 saturated heterocycles. The first-order chi connectivity index (χ1) is 14.6. The monoisotopic (exact) mass is 418 g/mol. The van der Waals surface area contributed by atoms with Gasteiger partial charge in [-0.15, -0.1) is 0 Å². The molecule has 1 aliphatic heterocycles. The highest BCUT2D eigenvalue weighted by atomic mass is 16.5. The molecule has 1 aromatic rings. The van der Waals surface area contributed by atoms with Crippen LogP contribution in [0, 0.1) is 5.92 Å². The van der Waals surface area contributed by atoms with Crippen LogP contribution in [0.3, 0.4) is 0 Å². The molecule has 1 aliphatic rings. The van der Waals surface area contributed by atoms with E-state index in [9.17, 15) is 9.59 Å². The molecule has 7 nitrogen and oxygen atoms in total. The second kappa shape index (κ2) is 13.2. The van der Waals surface area contributed by atoms with Crippen molar-refractivity contribution in [3.05, 3.63) is 23.9 Å². The van der Waals surface area contributed by atoms with E-state index in [2.05, 4.69) is 36.0 Å². The van der Waals surface area contributed by atoms with E-state index in [1.807, 2.05) is 17.0 Å². The molecule has 168 valence electrons. The number of ether oxygens (including phenoxy) is 1. The van der Waals surface area contributed by atoms with Crippen LogP contribution in [-0.2, 0) is 9.53 Å². The zero-order chi connectivity index (χ0) is 21.8. The summed E-state index contributed by atoms with van der Waals surface area (Å²) in [5.41, 5.74) is 0.563. The Labute approximate surface area is 181 Å². The quantitative estimate of drug-likeness (QED) is 0.528. The molecule has 1 fully saturated rings.